The Balaban J connectivity index is 1.66. The molecule has 0 fully saturated rings. The standard InChI is InChI=1S/C19H20N6O2S2/c1-19(2)5-12(26)16-13(6-19)27-17(21)11(7-20)15(16)14-4-10(8-28-14)9-29-18-22-23-24-25(18)3/h4,8,15H,5-6,9,21H2,1-3H3/t15-/m0/s1. The summed E-state index contributed by atoms with van der Waals surface area (Å²) in [4.78, 5) is 13.9. The van der Waals surface area contributed by atoms with E-state index in [0.29, 0.717) is 35.5 Å². The molecule has 2 aliphatic rings. The number of Topliss-reactive ketones (excluding diaryl/α,β-unsaturated/α-hetero) is 1. The van der Waals surface area contributed by atoms with Crippen LogP contribution in [0.5, 0.6) is 0 Å². The van der Waals surface area contributed by atoms with Crippen molar-refractivity contribution in [2.24, 2.45) is 18.2 Å². The zero-order valence-corrected chi connectivity index (χ0v) is 17.9. The number of carbonyl (C=O) groups is 1. The van der Waals surface area contributed by atoms with Crippen LogP contribution in [0, 0.1) is 16.7 Å². The van der Waals surface area contributed by atoms with E-state index in [1.807, 2.05) is 25.3 Å². The summed E-state index contributed by atoms with van der Waals surface area (Å²) in [5.74, 6) is 0.934. The van der Waals surface area contributed by atoms with Gasteiger partial charge in [-0.3, -0.25) is 4.79 Å². The average Bonchev–Trinajstić information content (AvgIpc) is 3.26. The lowest BCUT2D eigenvalue weighted by Crippen LogP contribution is -2.33. The van der Waals surface area contributed by atoms with Crippen molar-refractivity contribution >= 4 is 28.9 Å². The van der Waals surface area contributed by atoms with E-state index in [0.717, 1.165) is 15.6 Å². The van der Waals surface area contributed by atoms with Crippen LogP contribution in [0.25, 0.3) is 0 Å². The quantitative estimate of drug-likeness (QED) is 0.738. The van der Waals surface area contributed by atoms with Gasteiger partial charge in [-0.2, -0.15) is 5.26 Å². The SMILES string of the molecule is Cn1nnnc1SCc1csc([C@@H]2C(C#N)=C(N)OC3=C2C(=O)CC(C)(C)C3)c1. The third-order valence-electron chi connectivity index (χ3n) is 4.98. The average molecular weight is 429 g/mol. The zero-order chi connectivity index (χ0) is 20.8. The van der Waals surface area contributed by atoms with Gasteiger partial charge in [-0.15, -0.1) is 16.4 Å². The molecular formula is C19H20N6O2S2. The fourth-order valence-corrected chi connectivity index (χ4v) is 5.60. The van der Waals surface area contributed by atoms with Crippen molar-refractivity contribution in [1.82, 2.24) is 20.2 Å². The maximum atomic E-state index is 13.0. The topological polar surface area (TPSA) is 120 Å². The minimum absolute atomic E-state index is 0.0241. The molecule has 0 saturated heterocycles. The number of ether oxygens (including phenoxy) is 1. The van der Waals surface area contributed by atoms with Crippen molar-refractivity contribution in [2.75, 3.05) is 0 Å². The number of aromatic nitrogens is 4. The number of nitrogens with zero attached hydrogens (tertiary/aromatic N) is 5. The molecule has 0 aromatic carbocycles. The zero-order valence-electron chi connectivity index (χ0n) is 16.3. The third kappa shape index (κ3) is 3.68. The summed E-state index contributed by atoms with van der Waals surface area (Å²) >= 11 is 3.05. The van der Waals surface area contributed by atoms with E-state index in [4.69, 9.17) is 10.5 Å². The number of thioether (sulfide) groups is 1. The molecule has 0 unspecified atom stereocenters. The first kappa shape index (κ1) is 19.7. The van der Waals surface area contributed by atoms with Crippen LogP contribution in [-0.2, 0) is 22.3 Å². The predicted molar refractivity (Wildman–Crippen MR) is 108 cm³/mol. The minimum Gasteiger partial charge on any atom is -0.444 e. The second-order valence-corrected chi connectivity index (χ2v) is 9.82. The first-order chi connectivity index (χ1) is 13.8. The molecule has 0 amide bonds. The van der Waals surface area contributed by atoms with Crippen LogP contribution < -0.4 is 5.73 Å². The molecule has 1 atom stereocenters. The molecule has 8 nitrogen and oxygen atoms in total. The highest BCUT2D eigenvalue weighted by molar-refractivity contribution is 7.98. The molecule has 0 saturated carbocycles. The molecule has 0 radical (unpaired) electrons. The summed E-state index contributed by atoms with van der Waals surface area (Å²) in [7, 11) is 1.79. The van der Waals surface area contributed by atoms with Crippen molar-refractivity contribution < 1.29 is 9.53 Å². The highest BCUT2D eigenvalue weighted by atomic mass is 32.2. The van der Waals surface area contributed by atoms with Gasteiger partial charge in [0.05, 0.1) is 5.92 Å². The minimum atomic E-state index is -0.465. The van der Waals surface area contributed by atoms with Crippen molar-refractivity contribution in [3.63, 3.8) is 0 Å². The van der Waals surface area contributed by atoms with Crippen molar-refractivity contribution in [1.29, 1.82) is 5.26 Å². The number of nitrogens with two attached hydrogens (primary N) is 1. The van der Waals surface area contributed by atoms with E-state index in [9.17, 15) is 10.1 Å². The molecule has 0 spiro atoms. The Hall–Kier alpha value is -2.64. The van der Waals surface area contributed by atoms with E-state index in [-0.39, 0.29) is 17.1 Å². The van der Waals surface area contributed by atoms with Gasteiger partial charge >= 0.3 is 0 Å². The summed E-state index contributed by atoms with van der Waals surface area (Å²) in [5.41, 5.74) is 7.84. The lowest BCUT2D eigenvalue weighted by atomic mass is 9.71. The van der Waals surface area contributed by atoms with Crippen LogP contribution in [0.4, 0.5) is 0 Å². The smallest absolute Gasteiger partial charge is 0.209 e. The van der Waals surface area contributed by atoms with Gasteiger partial charge in [-0.05, 0) is 32.9 Å². The lowest BCUT2D eigenvalue weighted by molar-refractivity contribution is -0.119. The molecule has 29 heavy (non-hydrogen) atoms. The maximum Gasteiger partial charge on any atom is 0.209 e. The van der Waals surface area contributed by atoms with Crippen molar-refractivity contribution in [2.45, 2.75) is 43.5 Å². The Kier molecular flexibility index (Phi) is 4.96. The summed E-state index contributed by atoms with van der Waals surface area (Å²) in [6.07, 6.45) is 1.05. The molecule has 2 N–H and O–H groups in total. The monoisotopic (exact) mass is 428 g/mol. The Morgan fingerprint density at radius 2 is 2.28 bits per heavy atom. The molecule has 2 aromatic rings. The predicted octanol–water partition coefficient (Wildman–Crippen LogP) is 3.01. The molecule has 1 aliphatic carbocycles. The van der Waals surface area contributed by atoms with Gasteiger partial charge in [0.25, 0.3) is 0 Å². The van der Waals surface area contributed by atoms with Crippen molar-refractivity contribution in [3.05, 3.63) is 44.7 Å². The summed E-state index contributed by atoms with van der Waals surface area (Å²) in [6.45, 7) is 4.07. The third-order valence-corrected chi connectivity index (χ3v) is 7.11. The fourth-order valence-electron chi connectivity index (χ4n) is 3.68. The molecule has 1 aliphatic heterocycles. The number of allylic oxidation sites excluding steroid dienone is 3. The number of thiophene rings is 1. The largest absolute Gasteiger partial charge is 0.444 e. The van der Waals surface area contributed by atoms with E-state index in [1.165, 1.54) is 23.1 Å². The second kappa shape index (κ2) is 7.31. The van der Waals surface area contributed by atoms with Gasteiger partial charge in [0.2, 0.25) is 11.0 Å². The highest BCUT2D eigenvalue weighted by Gasteiger charge is 2.43. The van der Waals surface area contributed by atoms with Crippen LogP contribution >= 0.6 is 23.1 Å². The van der Waals surface area contributed by atoms with E-state index >= 15 is 0 Å². The molecular weight excluding hydrogens is 408 g/mol. The van der Waals surface area contributed by atoms with Gasteiger partial charge in [-0.25, -0.2) is 4.68 Å². The van der Waals surface area contributed by atoms with E-state index in [2.05, 4.69) is 21.6 Å². The lowest BCUT2D eigenvalue weighted by Gasteiger charge is -2.36. The van der Waals surface area contributed by atoms with Gasteiger partial charge in [0.1, 0.15) is 17.4 Å². The summed E-state index contributed by atoms with van der Waals surface area (Å²) in [5, 5.41) is 23.9. The number of tetrazole rings is 1. The fraction of sp³-hybridized carbons (Fsp3) is 0.421. The molecule has 3 heterocycles. The Bertz CT molecular complexity index is 1090. The van der Waals surface area contributed by atoms with Gasteiger partial charge < -0.3 is 10.5 Å². The number of hydrogen-bond acceptors (Lipinski definition) is 9. The van der Waals surface area contributed by atoms with Crippen LogP contribution in [0.3, 0.4) is 0 Å². The maximum absolute atomic E-state index is 13.0. The van der Waals surface area contributed by atoms with Crippen LogP contribution in [0.2, 0.25) is 0 Å². The highest BCUT2D eigenvalue weighted by Crippen LogP contribution is 2.49. The van der Waals surface area contributed by atoms with E-state index < -0.39 is 5.92 Å². The second-order valence-electron chi connectivity index (χ2n) is 7.93. The van der Waals surface area contributed by atoms with Crippen LogP contribution in [0.1, 0.15) is 43.0 Å². The summed E-state index contributed by atoms with van der Waals surface area (Å²) < 4.78 is 7.36. The molecule has 150 valence electrons. The number of hydrogen-bond donors (Lipinski definition) is 1. The van der Waals surface area contributed by atoms with E-state index in [1.54, 1.807) is 11.7 Å². The molecule has 2 aromatic heterocycles. The number of carbonyl (C=O) groups excluding carboxylic acids is 1. The number of nitriles is 1. The Morgan fingerprint density at radius 1 is 1.48 bits per heavy atom. The van der Waals surface area contributed by atoms with Gasteiger partial charge in [0, 0.05) is 36.1 Å². The number of aryl methyl sites for hydroxylation is 1. The number of ketones is 1. The molecule has 4 rings (SSSR count). The van der Waals surface area contributed by atoms with Gasteiger partial charge in [0.15, 0.2) is 5.78 Å². The normalized spacial score (nSPS) is 21.0. The summed E-state index contributed by atoms with van der Waals surface area (Å²) in [6, 6.07) is 4.19. The van der Waals surface area contributed by atoms with Gasteiger partial charge in [-0.1, -0.05) is 25.6 Å². The van der Waals surface area contributed by atoms with Crippen LogP contribution in [0.15, 0.2) is 39.4 Å². The molecule has 10 heteroatoms. The Labute approximate surface area is 176 Å². The Morgan fingerprint density at radius 3 is 2.97 bits per heavy atom. The number of rotatable bonds is 4. The van der Waals surface area contributed by atoms with Crippen LogP contribution in [-0.4, -0.2) is 26.0 Å². The first-order valence-corrected chi connectivity index (χ1v) is 10.9. The van der Waals surface area contributed by atoms with Crippen molar-refractivity contribution in [3.8, 4) is 6.07 Å². The first-order valence-electron chi connectivity index (χ1n) is 9.05. The molecule has 0 bridgehead atoms.